The molecule has 0 saturated heterocycles. The first-order valence-corrected chi connectivity index (χ1v) is 9.97. The van der Waals surface area contributed by atoms with Crippen molar-refractivity contribution in [1.82, 2.24) is 14.5 Å². The third-order valence-electron chi connectivity index (χ3n) is 4.70. The Bertz CT molecular complexity index is 999. The lowest BCUT2D eigenvalue weighted by molar-refractivity contribution is -0.364. The molecule has 0 aromatic carbocycles. The van der Waals surface area contributed by atoms with E-state index in [0.29, 0.717) is 36.3 Å². The first kappa shape index (κ1) is 19.8. The van der Waals surface area contributed by atoms with Crippen molar-refractivity contribution in [2.45, 2.75) is 58.9 Å². The van der Waals surface area contributed by atoms with E-state index in [0.717, 1.165) is 15.0 Å². The monoisotopic (exact) mass is 395 g/mol. The van der Waals surface area contributed by atoms with Gasteiger partial charge in [-0.3, -0.25) is 18.7 Å². The van der Waals surface area contributed by atoms with Crippen LogP contribution >= 0.6 is 11.3 Å². The minimum atomic E-state index is -0.453. The summed E-state index contributed by atoms with van der Waals surface area (Å²) in [7, 11) is 0. The van der Waals surface area contributed by atoms with Crippen LogP contribution in [-0.2, 0) is 29.1 Å². The van der Waals surface area contributed by atoms with Gasteiger partial charge in [0.15, 0.2) is 0 Å². The zero-order valence-corrected chi connectivity index (χ0v) is 17.1. The fourth-order valence-electron chi connectivity index (χ4n) is 3.39. The Kier molecular flexibility index (Phi) is 5.29. The summed E-state index contributed by atoms with van der Waals surface area (Å²) in [6.07, 6.45) is 0.599. The van der Waals surface area contributed by atoms with Gasteiger partial charge in [0.25, 0.3) is 5.56 Å². The molecular weight excluding hydrogens is 368 g/mol. The van der Waals surface area contributed by atoms with E-state index in [1.165, 1.54) is 11.3 Å². The number of amides is 1. The number of quaternary nitrogens is 1. The second-order valence-corrected chi connectivity index (χ2v) is 8.83. The lowest BCUT2D eigenvalue weighted by Crippen LogP contribution is -2.55. The minimum Gasteiger partial charge on any atom is -0.370 e. The Morgan fingerprint density at radius 2 is 2.07 bits per heavy atom. The van der Waals surface area contributed by atoms with Gasteiger partial charge >= 0.3 is 5.69 Å². The number of hydrogen-bond acceptors (Lipinski definition) is 5. The Labute approximate surface area is 160 Å². The molecule has 2 aromatic rings. The second kappa shape index (κ2) is 7.21. The maximum atomic E-state index is 13.2. The molecule has 1 aliphatic heterocycles. The number of nitrogens with one attached hydrogen (secondary N) is 1. The second-order valence-electron chi connectivity index (χ2n) is 7.75. The number of rotatable bonds is 5. The van der Waals surface area contributed by atoms with Crippen molar-refractivity contribution in [3.8, 4) is 0 Å². The standard InChI is InChI=1S/C18H26N4O4S/c1-10(2)22-16-14(11-7-18(3,4)26-9-12(11)27-16)15(24)21(17(22)25)8-13(23)20-6-5-19/h10H,5-9,19H2,1-4H3,(H,20,23)/p+1. The van der Waals surface area contributed by atoms with Crippen molar-refractivity contribution in [2.75, 3.05) is 13.1 Å². The van der Waals surface area contributed by atoms with Crippen LogP contribution in [0.2, 0.25) is 0 Å². The third kappa shape index (κ3) is 3.59. The number of hydrogen-bond donors (Lipinski definition) is 2. The summed E-state index contributed by atoms with van der Waals surface area (Å²) >= 11 is 1.44. The molecule has 0 unspecified atom stereocenters. The molecule has 0 bridgehead atoms. The third-order valence-corrected chi connectivity index (χ3v) is 5.91. The molecule has 3 heterocycles. The van der Waals surface area contributed by atoms with Crippen LogP contribution in [0.15, 0.2) is 9.59 Å². The van der Waals surface area contributed by atoms with Gasteiger partial charge in [-0.2, -0.15) is 0 Å². The molecule has 8 nitrogen and oxygen atoms in total. The van der Waals surface area contributed by atoms with E-state index in [1.807, 2.05) is 27.7 Å². The highest BCUT2D eigenvalue weighted by molar-refractivity contribution is 7.18. The molecule has 1 aliphatic rings. The van der Waals surface area contributed by atoms with Gasteiger partial charge in [0.2, 0.25) is 5.91 Å². The first-order chi connectivity index (χ1) is 12.7. The smallest absolute Gasteiger partial charge is 0.332 e. The van der Waals surface area contributed by atoms with Gasteiger partial charge in [-0.25, -0.2) is 4.79 Å². The van der Waals surface area contributed by atoms with E-state index in [9.17, 15) is 14.4 Å². The number of carbonyl (C=O) groups is 1. The summed E-state index contributed by atoms with van der Waals surface area (Å²) in [5.41, 5.74) is 3.39. The molecule has 0 fully saturated rings. The van der Waals surface area contributed by atoms with Crippen molar-refractivity contribution in [3.63, 3.8) is 0 Å². The highest BCUT2D eigenvalue weighted by atomic mass is 32.1. The Hall–Kier alpha value is -1.97. The van der Waals surface area contributed by atoms with Crippen molar-refractivity contribution >= 4 is 27.5 Å². The first-order valence-electron chi connectivity index (χ1n) is 9.15. The topological polar surface area (TPSA) is 110 Å². The zero-order chi connectivity index (χ0) is 19.9. The molecular formula is C18H27N4O4S+. The molecule has 27 heavy (non-hydrogen) atoms. The van der Waals surface area contributed by atoms with Crippen LogP contribution in [0.3, 0.4) is 0 Å². The van der Waals surface area contributed by atoms with Gasteiger partial charge < -0.3 is 15.8 Å². The fourth-order valence-corrected chi connectivity index (χ4v) is 4.74. The largest absolute Gasteiger partial charge is 0.370 e. The van der Waals surface area contributed by atoms with E-state index in [1.54, 1.807) is 4.57 Å². The zero-order valence-electron chi connectivity index (χ0n) is 16.3. The lowest BCUT2D eigenvalue weighted by atomic mass is 9.94. The highest BCUT2D eigenvalue weighted by Crippen LogP contribution is 2.37. The van der Waals surface area contributed by atoms with Gasteiger partial charge in [-0.05, 0) is 33.3 Å². The van der Waals surface area contributed by atoms with Crippen LogP contribution in [0.1, 0.15) is 44.2 Å². The molecule has 4 N–H and O–H groups in total. The minimum absolute atomic E-state index is 0.135. The van der Waals surface area contributed by atoms with Crippen LogP contribution in [0, 0.1) is 0 Å². The van der Waals surface area contributed by atoms with E-state index in [-0.39, 0.29) is 24.1 Å². The van der Waals surface area contributed by atoms with E-state index in [4.69, 9.17) is 4.74 Å². The summed E-state index contributed by atoms with van der Waals surface area (Å²) < 4.78 is 8.54. The highest BCUT2D eigenvalue weighted by Gasteiger charge is 2.32. The SMILES string of the molecule is CC(C)n1c(=O)n(CC(=O)NCC[NH3+])c(=O)c2c3c(sc21)COC(C)(C)C3. The maximum absolute atomic E-state index is 13.2. The molecule has 0 aliphatic carbocycles. The predicted octanol–water partition coefficient (Wildman–Crippen LogP) is 0.0150. The molecule has 0 atom stereocenters. The summed E-state index contributed by atoms with van der Waals surface area (Å²) in [6.45, 7) is 8.87. The number of fused-ring (bicyclic) bond motifs is 3. The molecule has 148 valence electrons. The summed E-state index contributed by atoms with van der Waals surface area (Å²) in [5, 5.41) is 3.22. The molecule has 0 radical (unpaired) electrons. The molecule has 3 rings (SSSR count). The van der Waals surface area contributed by atoms with Gasteiger partial charge in [0.1, 0.15) is 11.4 Å². The summed E-state index contributed by atoms with van der Waals surface area (Å²) in [5.74, 6) is -0.361. The van der Waals surface area contributed by atoms with Gasteiger partial charge in [0, 0.05) is 17.3 Å². The normalized spacial score (nSPS) is 15.9. The number of nitrogens with zero attached hydrogens (tertiary/aromatic N) is 2. The van der Waals surface area contributed by atoms with Gasteiger partial charge in [-0.15, -0.1) is 11.3 Å². The van der Waals surface area contributed by atoms with E-state index >= 15 is 0 Å². The molecule has 2 aromatic heterocycles. The van der Waals surface area contributed by atoms with Crippen LogP contribution < -0.4 is 22.3 Å². The fraction of sp³-hybridized carbons (Fsp3) is 0.611. The molecule has 0 spiro atoms. The Morgan fingerprint density at radius 3 is 2.70 bits per heavy atom. The quantitative estimate of drug-likeness (QED) is 0.743. The molecule has 1 amide bonds. The summed E-state index contributed by atoms with van der Waals surface area (Å²) in [4.78, 5) is 40.0. The van der Waals surface area contributed by atoms with Crippen molar-refractivity contribution < 1.29 is 15.3 Å². The van der Waals surface area contributed by atoms with Crippen LogP contribution in [0.5, 0.6) is 0 Å². The van der Waals surface area contributed by atoms with E-state index in [2.05, 4.69) is 11.1 Å². The van der Waals surface area contributed by atoms with E-state index < -0.39 is 11.2 Å². The molecule has 0 saturated carbocycles. The van der Waals surface area contributed by atoms with Gasteiger partial charge in [-0.1, -0.05) is 0 Å². The average molecular weight is 396 g/mol. The van der Waals surface area contributed by atoms with Gasteiger partial charge in [0.05, 0.1) is 30.7 Å². The Morgan fingerprint density at radius 1 is 1.37 bits per heavy atom. The van der Waals surface area contributed by atoms with Crippen molar-refractivity contribution in [1.29, 1.82) is 0 Å². The maximum Gasteiger partial charge on any atom is 0.332 e. The molecule has 9 heteroatoms. The number of aromatic nitrogens is 2. The number of ether oxygens (including phenoxy) is 1. The predicted molar refractivity (Wildman–Crippen MR) is 104 cm³/mol. The summed E-state index contributed by atoms with van der Waals surface area (Å²) in [6, 6.07) is -0.135. The van der Waals surface area contributed by atoms with Crippen LogP contribution in [0.4, 0.5) is 0 Å². The number of carbonyl (C=O) groups excluding carboxylic acids is 1. The Balaban J connectivity index is 2.24. The van der Waals surface area contributed by atoms with Crippen molar-refractivity contribution in [3.05, 3.63) is 31.3 Å². The van der Waals surface area contributed by atoms with Crippen molar-refractivity contribution in [2.24, 2.45) is 0 Å². The average Bonchev–Trinajstić information content (AvgIpc) is 2.93. The van der Waals surface area contributed by atoms with Crippen LogP contribution in [-0.4, -0.2) is 33.7 Å². The number of thiophene rings is 1. The van der Waals surface area contributed by atoms with Crippen LogP contribution in [0.25, 0.3) is 10.2 Å². The lowest BCUT2D eigenvalue weighted by Gasteiger charge is -2.29.